The molecular weight excluding hydrogens is 396 g/mol. The molecule has 31 heavy (non-hydrogen) atoms. The molecule has 0 unspecified atom stereocenters. The molecule has 0 spiro atoms. The van der Waals surface area contributed by atoms with Gasteiger partial charge < -0.3 is 19.6 Å². The van der Waals surface area contributed by atoms with Gasteiger partial charge >= 0.3 is 5.97 Å². The summed E-state index contributed by atoms with van der Waals surface area (Å²) in [5.74, 6) is -0.855. The van der Waals surface area contributed by atoms with E-state index in [0.29, 0.717) is 5.75 Å². The van der Waals surface area contributed by atoms with Crippen LogP contribution in [0.25, 0.3) is 0 Å². The highest BCUT2D eigenvalue weighted by molar-refractivity contribution is 6.02. The van der Waals surface area contributed by atoms with Gasteiger partial charge in [-0.3, -0.25) is 4.79 Å². The Morgan fingerprint density at radius 2 is 1.65 bits per heavy atom. The third-order valence-corrected chi connectivity index (χ3v) is 4.49. The van der Waals surface area contributed by atoms with Crippen LogP contribution in [0.2, 0.25) is 0 Å². The predicted octanol–water partition coefficient (Wildman–Crippen LogP) is 3.98. The average molecular weight is 418 g/mol. The standard InChI is InChI=1S/C24H22N2O5/c1-30-20-13-11-19(12-14-20)16-26(22-10-6-5-9-21(22)24(28)29)23(27)17-31-25-15-18-7-3-2-4-8-18/h2-15H,16-17H2,1H3,(H,28,29)/b25-15-. The predicted molar refractivity (Wildman–Crippen MR) is 118 cm³/mol. The van der Waals surface area contributed by atoms with Gasteiger partial charge in [0.1, 0.15) is 5.75 Å². The second-order valence-corrected chi connectivity index (χ2v) is 6.57. The molecule has 7 heteroatoms. The normalized spacial score (nSPS) is 10.6. The third-order valence-electron chi connectivity index (χ3n) is 4.49. The SMILES string of the molecule is COc1ccc(CN(C(=O)CO/N=C\c2ccccc2)c2ccccc2C(=O)O)cc1. The summed E-state index contributed by atoms with van der Waals surface area (Å²) in [6.45, 7) is -0.174. The number of carbonyl (C=O) groups is 2. The Bertz CT molecular complexity index is 1050. The van der Waals surface area contributed by atoms with Crippen molar-refractivity contribution in [3.05, 3.63) is 95.6 Å². The molecule has 0 saturated carbocycles. The number of rotatable bonds is 9. The van der Waals surface area contributed by atoms with Gasteiger partial charge in [0.2, 0.25) is 0 Å². The molecule has 0 aliphatic carbocycles. The van der Waals surface area contributed by atoms with E-state index in [4.69, 9.17) is 9.57 Å². The van der Waals surface area contributed by atoms with Gasteiger partial charge in [-0.15, -0.1) is 0 Å². The number of hydrogen-bond donors (Lipinski definition) is 1. The summed E-state index contributed by atoms with van der Waals surface area (Å²) < 4.78 is 5.16. The van der Waals surface area contributed by atoms with E-state index in [0.717, 1.165) is 11.1 Å². The Morgan fingerprint density at radius 1 is 0.968 bits per heavy atom. The average Bonchev–Trinajstić information content (AvgIpc) is 2.81. The van der Waals surface area contributed by atoms with E-state index >= 15 is 0 Å². The lowest BCUT2D eigenvalue weighted by Crippen LogP contribution is -2.34. The fourth-order valence-electron chi connectivity index (χ4n) is 2.92. The molecule has 0 radical (unpaired) electrons. The van der Waals surface area contributed by atoms with Crippen LogP contribution in [0.3, 0.4) is 0 Å². The molecule has 0 saturated heterocycles. The summed E-state index contributed by atoms with van der Waals surface area (Å²) in [5, 5.41) is 13.4. The number of carboxylic acids is 1. The van der Waals surface area contributed by atoms with Gasteiger partial charge in [-0.1, -0.05) is 59.8 Å². The minimum atomic E-state index is -1.12. The molecule has 0 aliphatic heterocycles. The van der Waals surface area contributed by atoms with Crippen molar-refractivity contribution in [2.24, 2.45) is 5.16 Å². The number of nitrogens with zero attached hydrogens (tertiary/aromatic N) is 2. The molecule has 3 aromatic rings. The maximum Gasteiger partial charge on any atom is 0.337 e. The zero-order chi connectivity index (χ0) is 22.1. The molecule has 7 nitrogen and oxygen atoms in total. The van der Waals surface area contributed by atoms with Crippen molar-refractivity contribution in [1.29, 1.82) is 0 Å². The Hall–Kier alpha value is -4.13. The molecule has 3 rings (SSSR count). The maximum absolute atomic E-state index is 13.0. The second kappa shape index (κ2) is 10.6. The number of methoxy groups -OCH3 is 1. The van der Waals surface area contributed by atoms with Crippen molar-refractivity contribution in [3.8, 4) is 5.75 Å². The molecule has 0 fully saturated rings. The highest BCUT2D eigenvalue weighted by Crippen LogP contribution is 2.24. The number of ether oxygens (including phenoxy) is 1. The van der Waals surface area contributed by atoms with Gasteiger partial charge in [-0.05, 0) is 35.4 Å². The highest BCUT2D eigenvalue weighted by atomic mass is 16.6. The summed E-state index contributed by atoms with van der Waals surface area (Å²) in [5.41, 5.74) is 1.95. The smallest absolute Gasteiger partial charge is 0.337 e. The van der Waals surface area contributed by atoms with E-state index in [9.17, 15) is 14.7 Å². The first-order valence-electron chi connectivity index (χ1n) is 9.54. The van der Waals surface area contributed by atoms with E-state index in [1.165, 1.54) is 17.2 Å². The molecule has 0 aromatic heterocycles. The van der Waals surface area contributed by atoms with Gasteiger partial charge in [0.15, 0.2) is 6.61 Å². The van der Waals surface area contributed by atoms with Gasteiger partial charge in [0, 0.05) is 0 Å². The van der Waals surface area contributed by atoms with Crippen LogP contribution in [-0.2, 0) is 16.2 Å². The van der Waals surface area contributed by atoms with Crippen LogP contribution in [0.4, 0.5) is 5.69 Å². The Morgan fingerprint density at radius 3 is 2.32 bits per heavy atom. The van der Waals surface area contributed by atoms with Crippen LogP contribution >= 0.6 is 0 Å². The van der Waals surface area contributed by atoms with Crippen molar-refractivity contribution in [2.45, 2.75) is 6.54 Å². The number of carboxylic acid groups (broad SMARTS) is 1. The zero-order valence-electron chi connectivity index (χ0n) is 17.0. The van der Waals surface area contributed by atoms with E-state index in [1.54, 1.807) is 37.4 Å². The number of benzene rings is 3. The quantitative estimate of drug-likeness (QED) is 0.419. The number of aromatic carboxylic acids is 1. The van der Waals surface area contributed by atoms with E-state index < -0.39 is 11.9 Å². The molecule has 0 aliphatic rings. The lowest BCUT2D eigenvalue weighted by Gasteiger charge is -2.24. The summed E-state index contributed by atoms with van der Waals surface area (Å²) in [7, 11) is 1.57. The number of para-hydroxylation sites is 1. The summed E-state index contributed by atoms with van der Waals surface area (Å²) in [6, 6.07) is 22.9. The first-order chi connectivity index (χ1) is 15.1. The van der Waals surface area contributed by atoms with E-state index in [1.807, 2.05) is 42.5 Å². The molecule has 1 amide bonds. The second-order valence-electron chi connectivity index (χ2n) is 6.57. The van der Waals surface area contributed by atoms with Crippen LogP contribution in [0, 0.1) is 0 Å². The van der Waals surface area contributed by atoms with Crippen LogP contribution in [0.1, 0.15) is 21.5 Å². The van der Waals surface area contributed by atoms with Crippen molar-refractivity contribution in [2.75, 3.05) is 18.6 Å². The minimum Gasteiger partial charge on any atom is -0.497 e. The number of oxime groups is 1. The lowest BCUT2D eigenvalue weighted by atomic mass is 10.1. The van der Waals surface area contributed by atoms with Crippen molar-refractivity contribution >= 4 is 23.8 Å². The van der Waals surface area contributed by atoms with Gasteiger partial charge in [-0.25, -0.2) is 4.79 Å². The first-order valence-corrected chi connectivity index (χ1v) is 9.54. The van der Waals surface area contributed by atoms with E-state index in [2.05, 4.69) is 5.16 Å². The van der Waals surface area contributed by atoms with Crippen molar-refractivity contribution < 1.29 is 24.3 Å². The summed E-state index contributed by atoms with van der Waals surface area (Å²) in [4.78, 5) is 31.2. The fourth-order valence-corrected chi connectivity index (χ4v) is 2.92. The van der Waals surface area contributed by atoms with Gasteiger partial charge in [0.05, 0.1) is 31.1 Å². The fraction of sp³-hybridized carbons (Fsp3) is 0.125. The summed E-state index contributed by atoms with van der Waals surface area (Å²) >= 11 is 0. The monoisotopic (exact) mass is 418 g/mol. The lowest BCUT2D eigenvalue weighted by molar-refractivity contribution is -0.123. The van der Waals surface area contributed by atoms with Crippen molar-refractivity contribution in [3.63, 3.8) is 0 Å². The van der Waals surface area contributed by atoms with Gasteiger partial charge in [0.25, 0.3) is 5.91 Å². The highest BCUT2D eigenvalue weighted by Gasteiger charge is 2.22. The minimum absolute atomic E-state index is 0.0251. The molecule has 1 N–H and O–H groups in total. The maximum atomic E-state index is 13.0. The molecule has 158 valence electrons. The molecule has 0 heterocycles. The zero-order valence-corrected chi connectivity index (χ0v) is 17.0. The largest absolute Gasteiger partial charge is 0.497 e. The number of amides is 1. The van der Waals surface area contributed by atoms with Crippen LogP contribution in [-0.4, -0.2) is 36.9 Å². The van der Waals surface area contributed by atoms with Crippen LogP contribution in [0.15, 0.2) is 84.0 Å². The molecule has 0 bridgehead atoms. The number of anilines is 1. The number of carbonyl (C=O) groups excluding carboxylic acids is 1. The Kier molecular flexibility index (Phi) is 7.37. The van der Waals surface area contributed by atoms with Crippen LogP contribution in [0.5, 0.6) is 5.75 Å². The van der Waals surface area contributed by atoms with Crippen molar-refractivity contribution in [1.82, 2.24) is 0 Å². The van der Waals surface area contributed by atoms with E-state index in [-0.39, 0.29) is 24.4 Å². The Labute approximate surface area is 180 Å². The van der Waals surface area contributed by atoms with Crippen LogP contribution < -0.4 is 9.64 Å². The summed E-state index contributed by atoms with van der Waals surface area (Å²) in [6.07, 6.45) is 1.51. The molecule has 0 atom stereocenters. The topological polar surface area (TPSA) is 88.4 Å². The number of hydrogen-bond acceptors (Lipinski definition) is 5. The Balaban J connectivity index is 1.80. The first kappa shape index (κ1) is 21.6. The molecular formula is C24H22N2O5. The van der Waals surface area contributed by atoms with Gasteiger partial charge in [-0.2, -0.15) is 0 Å². The third kappa shape index (κ3) is 5.93. The molecule has 3 aromatic carbocycles.